The van der Waals surface area contributed by atoms with Crippen LogP contribution < -0.4 is 16.5 Å². The first-order chi connectivity index (χ1) is 13.0. The highest BCUT2D eigenvalue weighted by Gasteiger charge is 2.16. The molecule has 0 aliphatic carbocycles. The van der Waals surface area contributed by atoms with Gasteiger partial charge in [0.15, 0.2) is 0 Å². The zero-order valence-corrected chi connectivity index (χ0v) is 14.3. The van der Waals surface area contributed by atoms with Crippen LogP contribution in [0.4, 0.5) is 5.69 Å². The fourth-order valence-electron chi connectivity index (χ4n) is 2.37. The van der Waals surface area contributed by atoms with Gasteiger partial charge in [-0.25, -0.2) is 0 Å². The highest BCUT2D eigenvalue weighted by molar-refractivity contribution is 6.02. The van der Waals surface area contributed by atoms with Gasteiger partial charge in [-0.1, -0.05) is 42.5 Å². The molecule has 27 heavy (non-hydrogen) atoms. The Morgan fingerprint density at radius 3 is 2.41 bits per heavy atom. The average Bonchev–Trinajstić information content (AvgIpc) is 3.12. The van der Waals surface area contributed by atoms with Gasteiger partial charge in [0.1, 0.15) is 0 Å². The van der Waals surface area contributed by atoms with Gasteiger partial charge in [0.05, 0.1) is 17.6 Å². The SMILES string of the molecule is NC(N)=N/N=C/c1ccc(N2CCC(c3ccccc3)=N2)cc1.O=[N+]([O-])O. The Morgan fingerprint density at radius 1 is 1.19 bits per heavy atom. The molecule has 0 amide bonds. The van der Waals surface area contributed by atoms with E-state index in [-0.39, 0.29) is 5.96 Å². The highest BCUT2D eigenvalue weighted by atomic mass is 16.9. The minimum Gasteiger partial charge on any atom is -0.369 e. The van der Waals surface area contributed by atoms with Crippen molar-refractivity contribution in [2.24, 2.45) is 26.8 Å². The third-order valence-electron chi connectivity index (χ3n) is 3.48. The fraction of sp³-hybridized carbons (Fsp3) is 0.118. The number of nitrogens with two attached hydrogens (primary N) is 2. The summed E-state index contributed by atoms with van der Waals surface area (Å²) < 4.78 is 0. The van der Waals surface area contributed by atoms with E-state index in [0.29, 0.717) is 0 Å². The molecule has 0 unspecified atom stereocenters. The Hall–Kier alpha value is -3.95. The van der Waals surface area contributed by atoms with Gasteiger partial charge in [0.2, 0.25) is 5.96 Å². The first-order valence-electron chi connectivity index (χ1n) is 7.91. The average molecular weight is 369 g/mol. The van der Waals surface area contributed by atoms with Crippen molar-refractivity contribution >= 4 is 23.6 Å². The van der Waals surface area contributed by atoms with Crippen LogP contribution in [0.2, 0.25) is 0 Å². The molecule has 0 spiro atoms. The van der Waals surface area contributed by atoms with Crippen molar-refractivity contribution in [2.75, 3.05) is 11.6 Å². The summed E-state index contributed by atoms with van der Waals surface area (Å²) in [7, 11) is 0. The van der Waals surface area contributed by atoms with Crippen LogP contribution in [0, 0.1) is 10.1 Å². The lowest BCUT2D eigenvalue weighted by molar-refractivity contribution is -0.742. The highest BCUT2D eigenvalue weighted by Crippen LogP contribution is 2.21. The molecule has 1 aliphatic rings. The van der Waals surface area contributed by atoms with Gasteiger partial charge >= 0.3 is 0 Å². The molecule has 0 saturated heterocycles. The van der Waals surface area contributed by atoms with Crippen molar-refractivity contribution in [3.8, 4) is 0 Å². The smallest absolute Gasteiger partial charge is 0.291 e. The number of benzene rings is 2. The Bertz CT molecular complexity index is 841. The summed E-state index contributed by atoms with van der Waals surface area (Å²) in [6.07, 6.45) is 2.55. The normalized spacial score (nSPS) is 12.9. The number of hydrogen-bond acceptors (Lipinski definition) is 6. The maximum absolute atomic E-state index is 8.36. The Balaban J connectivity index is 0.000000596. The van der Waals surface area contributed by atoms with Gasteiger partial charge < -0.3 is 16.7 Å². The molecule has 0 aromatic heterocycles. The van der Waals surface area contributed by atoms with Crippen molar-refractivity contribution in [3.63, 3.8) is 0 Å². The number of rotatable bonds is 4. The zero-order valence-electron chi connectivity index (χ0n) is 14.3. The summed E-state index contributed by atoms with van der Waals surface area (Å²) in [5.41, 5.74) is 14.7. The first kappa shape index (κ1) is 19.4. The predicted molar refractivity (Wildman–Crippen MR) is 104 cm³/mol. The molecule has 0 atom stereocenters. The predicted octanol–water partition coefficient (Wildman–Crippen LogP) is 1.56. The number of nitrogens with zero attached hydrogens (tertiary/aromatic N) is 5. The van der Waals surface area contributed by atoms with E-state index in [2.05, 4.69) is 22.3 Å². The van der Waals surface area contributed by atoms with Crippen molar-refractivity contribution in [1.82, 2.24) is 0 Å². The fourth-order valence-corrected chi connectivity index (χ4v) is 2.37. The quantitative estimate of drug-likeness (QED) is 0.321. The lowest BCUT2D eigenvalue weighted by Gasteiger charge is -2.13. The van der Waals surface area contributed by atoms with E-state index in [4.69, 9.17) is 31.9 Å². The molecule has 1 heterocycles. The second kappa shape index (κ2) is 9.51. The molecule has 140 valence electrons. The van der Waals surface area contributed by atoms with Gasteiger partial charge in [0.25, 0.3) is 5.09 Å². The molecule has 5 N–H and O–H groups in total. The van der Waals surface area contributed by atoms with E-state index in [1.807, 2.05) is 47.5 Å². The maximum atomic E-state index is 8.36. The van der Waals surface area contributed by atoms with Crippen molar-refractivity contribution in [2.45, 2.75) is 6.42 Å². The van der Waals surface area contributed by atoms with Crippen molar-refractivity contribution < 1.29 is 10.3 Å². The van der Waals surface area contributed by atoms with E-state index < -0.39 is 5.09 Å². The van der Waals surface area contributed by atoms with Crippen LogP contribution in [0.15, 0.2) is 69.9 Å². The molecule has 0 saturated carbocycles. The topological polar surface area (TPSA) is 156 Å². The summed E-state index contributed by atoms with van der Waals surface area (Å²) >= 11 is 0. The third-order valence-corrected chi connectivity index (χ3v) is 3.48. The molecule has 0 fully saturated rings. The summed E-state index contributed by atoms with van der Waals surface area (Å²) in [6.45, 7) is 0.881. The number of guanidine groups is 1. The van der Waals surface area contributed by atoms with Crippen LogP contribution in [-0.2, 0) is 0 Å². The minimum atomic E-state index is -1.50. The lowest BCUT2D eigenvalue weighted by atomic mass is 10.1. The summed E-state index contributed by atoms with van der Waals surface area (Å²) in [6, 6.07) is 18.2. The van der Waals surface area contributed by atoms with E-state index in [1.54, 1.807) is 6.21 Å². The van der Waals surface area contributed by atoms with Crippen LogP contribution in [0.3, 0.4) is 0 Å². The molecule has 10 heteroatoms. The van der Waals surface area contributed by atoms with Gasteiger partial charge in [-0.2, -0.15) is 10.2 Å². The van der Waals surface area contributed by atoms with E-state index >= 15 is 0 Å². The zero-order chi connectivity index (χ0) is 19.6. The van der Waals surface area contributed by atoms with Crippen LogP contribution in [0.25, 0.3) is 0 Å². The Kier molecular flexibility index (Phi) is 6.83. The second-order valence-corrected chi connectivity index (χ2v) is 5.38. The second-order valence-electron chi connectivity index (χ2n) is 5.38. The molecule has 2 aromatic rings. The number of hydrogen-bond donors (Lipinski definition) is 3. The monoisotopic (exact) mass is 369 g/mol. The van der Waals surface area contributed by atoms with E-state index in [1.165, 1.54) is 5.56 Å². The Labute approximate surface area is 155 Å². The largest absolute Gasteiger partial charge is 0.369 e. The molecule has 0 radical (unpaired) electrons. The first-order valence-corrected chi connectivity index (χ1v) is 7.91. The van der Waals surface area contributed by atoms with Gasteiger partial charge in [-0.3, -0.25) is 5.01 Å². The standard InChI is InChI=1S/C17H18N6.HNO3/c18-17(19)21-20-12-13-6-8-15(9-7-13)23-11-10-16(22-23)14-4-2-1-3-5-14;2-1(3)4/h1-9,12H,10-11H2,(H4,18,19,21);(H,2,3,4)/b20-12+;. The molecule has 2 aromatic carbocycles. The maximum Gasteiger partial charge on any atom is 0.291 e. The van der Waals surface area contributed by atoms with Gasteiger partial charge in [-0.05, 0) is 23.3 Å². The molecule has 3 rings (SSSR count). The molecular formula is C17H19N7O3. The van der Waals surface area contributed by atoms with E-state index in [9.17, 15) is 0 Å². The van der Waals surface area contributed by atoms with Crippen molar-refractivity contribution in [3.05, 3.63) is 75.8 Å². The van der Waals surface area contributed by atoms with Crippen LogP contribution in [-0.4, -0.2) is 34.7 Å². The number of hydrazone groups is 1. The van der Waals surface area contributed by atoms with Crippen LogP contribution >= 0.6 is 0 Å². The van der Waals surface area contributed by atoms with E-state index in [0.717, 1.165) is 29.9 Å². The summed E-state index contributed by atoms with van der Waals surface area (Å²) in [5, 5.41) is 27.7. The molecule has 0 bridgehead atoms. The minimum absolute atomic E-state index is 0.0577. The van der Waals surface area contributed by atoms with Crippen LogP contribution in [0.5, 0.6) is 0 Å². The summed E-state index contributed by atoms with van der Waals surface area (Å²) in [5.74, 6) is -0.0577. The van der Waals surface area contributed by atoms with Gasteiger partial charge in [0, 0.05) is 13.0 Å². The molecular weight excluding hydrogens is 350 g/mol. The Morgan fingerprint density at radius 2 is 1.81 bits per heavy atom. The molecule has 10 nitrogen and oxygen atoms in total. The van der Waals surface area contributed by atoms with Gasteiger partial charge in [-0.15, -0.1) is 15.2 Å². The van der Waals surface area contributed by atoms with Crippen LogP contribution in [0.1, 0.15) is 17.5 Å². The lowest BCUT2D eigenvalue weighted by Crippen LogP contribution is -2.21. The molecule has 1 aliphatic heterocycles. The summed E-state index contributed by atoms with van der Waals surface area (Å²) in [4.78, 5) is 8.36. The number of anilines is 1. The third kappa shape index (κ3) is 6.46. The van der Waals surface area contributed by atoms with Crippen molar-refractivity contribution in [1.29, 1.82) is 0 Å².